The highest BCUT2D eigenvalue weighted by molar-refractivity contribution is 4.93. The molecule has 1 atom stereocenters. The first kappa shape index (κ1) is 10.8. The van der Waals surface area contributed by atoms with E-state index in [1.54, 1.807) is 0 Å². The first-order chi connectivity index (χ1) is 6.20. The van der Waals surface area contributed by atoms with E-state index in [4.69, 9.17) is 4.74 Å². The minimum Gasteiger partial charge on any atom is -0.368 e. The van der Waals surface area contributed by atoms with Crippen LogP contribution in [0.4, 0.5) is 0 Å². The molecule has 0 N–H and O–H groups in total. The van der Waals surface area contributed by atoms with Gasteiger partial charge in [0.15, 0.2) is 0 Å². The summed E-state index contributed by atoms with van der Waals surface area (Å²) in [5, 5.41) is 0. The van der Waals surface area contributed by atoms with Crippen LogP contribution in [-0.2, 0) is 4.74 Å². The van der Waals surface area contributed by atoms with Crippen molar-refractivity contribution in [2.24, 2.45) is 0 Å². The lowest BCUT2D eigenvalue weighted by molar-refractivity contribution is -0.0681. The first-order valence-corrected chi connectivity index (χ1v) is 5.51. The standard InChI is InChI=1S/C12H22O/c1-4-12(3,5-2)13-11-9-7-6-8-10-11/h4,11H,1,5-10H2,2-3H3. The maximum absolute atomic E-state index is 6.06. The summed E-state index contributed by atoms with van der Waals surface area (Å²) in [5.74, 6) is 0. The Morgan fingerprint density at radius 3 is 2.46 bits per heavy atom. The van der Waals surface area contributed by atoms with E-state index in [0.717, 1.165) is 6.42 Å². The molecule has 0 aromatic carbocycles. The highest BCUT2D eigenvalue weighted by Gasteiger charge is 2.24. The molecule has 0 bridgehead atoms. The maximum Gasteiger partial charge on any atom is 0.0832 e. The van der Waals surface area contributed by atoms with Crippen LogP contribution in [0.1, 0.15) is 52.4 Å². The number of hydrogen-bond donors (Lipinski definition) is 0. The fourth-order valence-electron chi connectivity index (χ4n) is 1.84. The highest BCUT2D eigenvalue weighted by atomic mass is 16.5. The van der Waals surface area contributed by atoms with Crippen LogP contribution >= 0.6 is 0 Å². The molecule has 0 spiro atoms. The number of rotatable bonds is 4. The van der Waals surface area contributed by atoms with Crippen LogP contribution < -0.4 is 0 Å². The van der Waals surface area contributed by atoms with Gasteiger partial charge in [-0.3, -0.25) is 0 Å². The lowest BCUT2D eigenvalue weighted by Crippen LogP contribution is -2.32. The first-order valence-electron chi connectivity index (χ1n) is 5.51. The van der Waals surface area contributed by atoms with Crippen LogP contribution in [0, 0.1) is 0 Å². The summed E-state index contributed by atoms with van der Waals surface area (Å²) in [7, 11) is 0. The Labute approximate surface area is 82.2 Å². The minimum atomic E-state index is -0.0952. The zero-order valence-corrected chi connectivity index (χ0v) is 9.01. The van der Waals surface area contributed by atoms with Gasteiger partial charge in [0.1, 0.15) is 0 Å². The molecule has 0 aromatic heterocycles. The van der Waals surface area contributed by atoms with Gasteiger partial charge in [-0.05, 0) is 26.2 Å². The molecule has 1 fully saturated rings. The SMILES string of the molecule is C=CC(C)(CC)OC1CCCCC1. The van der Waals surface area contributed by atoms with Crippen molar-refractivity contribution < 1.29 is 4.74 Å². The summed E-state index contributed by atoms with van der Waals surface area (Å²) in [6.07, 6.45) is 9.98. The largest absolute Gasteiger partial charge is 0.368 e. The lowest BCUT2D eigenvalue weighted by Gasteiger charge is -2.32. The minimum absolute atomic E-state index is 0.0952. The molecule has 0 heterocycles. The molecule has 1 rings (SSSR count). The van der Waals surface area contributed by atoms with Gasteiger partial charge in [0.2, 0.25) is 0 Å². The predicted molar refractivity (Wildman–Crippen MR) is 56.9 cm³/mol. The molecule has 13 heavy (non-hydrogen) atoms. The molecule has 0 amide bonds. The van der Waals surface area contributed by atoms with Crippen LogP contribution in [0.5, 0.6) is 0 Å². The normalized spacial score (nSPS) is 23.8. The van der Waals surface area contributed by atoms with Gasteiger partial charge in [-0.1, -0.05) is 32.3 Å². The van der Waals surface area contributed by atoms with Crippen molar-refractivity contribution in [2.75, 3.05) is 0 Å². The Kier molecular flexibility index (Phi) is 3.98. The summed E-state index contributed by atoms with van der Waals surface area (Å²) in [6, 6.07) is 0. The molecular formula is C12H22O. The Morgan fingerprint density at radius 2 is 2.00 bits per heavy atom. The molecule has 0 aliphatic heterocycles. The van der Waals surface area contributed by atoms with E-state index in [1.165, 1.54) is 32.1 Å². The Balaban J connectivity index is 2.40. The average Bonchev–Trinajstić information content (AvgIpc) is 2.19. The topological polar surface area (TPSA) is 9.23 Å². The van der Waals surface area contributed by atoms with Gasteiger partial charge in [-0.25, -0.2) is 0 Å². The second-order valence-corrected chi connectivity index (χ2v) is 4.25. The van der Waals surface area contributed by atoms with Crippen LogP contribution in [0.3, 0.4) is 0 Å². The van der Waals surface area contributed by atoms with Crippen molar-refractivity contribution in [1.29, 1.82) is 0 Å². The number of ether oxygens (including phenoxy) is 1. The van der Waals surface area contributed by atoms with Crippen molar-refractivity contribution in [3.63, 3.8) is 0 Å². The van der Waals surface area contributed by atoms with Crippen molar-refractivity contribution in [2.45, 2.75) is 64.1 Å². The summed E-state index contributed by atoms with van der Waals surface area (Å²) in [4.78, 5) is 0. The smallest absolute Gasteiger partial charge is 0.0832 e. The Bertz CT molecular complexity index is 159. The Hall–Kier alpha value is -0.300. The molecular weight excluding hydrogens is 160 g/mol. The van der Waals surface area contributed by atoms with Gasteiger partial charge in [-0.15, -0.1) is 6.58 Å². The summed E-state index contributed by atoms with van der Waals surface area (Å²) in [5.41, 5.74) is -0.0952. The van der Waals surface area contributed by atoms with Crippen LogP contribution in [0.25, 0.3) is 0 Å². The van der Waals surface area contributed by atoms with E-state index in [1.807, 2.05) is 6.08 Å². The zero-order chi connectivity index (χ0) is 9.73. The second-order valence-electron chi connectivity index (χ2n) is 4.25. The molecule has 1 nitrogen and oxygen atoms in total. The van der Waals surface area contributed by atoms with E-state index in [-0.39, 0.29) is 5.60 Å². The van der Waals surface area contributed by atoms with Crippen LogP contribution in [0.2, 0.25) is 0 Å². The molecule has 76 valence electrons. The quantitative estimate of drug-likeness (QED) is 0.602. The van der Waals surface area contributed by atoms with Gasteiger partial charge in [0, 0.05) is 0 Å². The monoisotopic (exact) mass is 182 g/mol. The van der Waals surface area contributed by atoms with E-state index in [0.29, 0.717) is 6.10 Å². The molecule has 1 aliphatic rings. The van der Waals surface area contributed by atoms with Gasteiger partial charge in [0.05, 0.1) is 11.7 Å². The van der Waals surface area contributed by atoms with E-state index < -0.39 is 0 Å². The lowest BCUT2D eigenvalue weighted by atomic mass is 9.96. The summed E-state index contributed by atoms with van der Waals surface area (Å²) < 4.78 is 6.06. The second kappa shape index (κ2) is 4.80. The number of hydrogen-bond acceptors (Lipinski definition) is 1. The third-order valence-electron chi connectivity index (χ3n) is 3.12. The van der Waals surface area contributed by atoms with E-state index in [9.17, 15) is 0 Å². The third kappa shape index (κ3) is 3.15. The van der Waals surface area contributed by atoms with Crippen molar-refractivity contribution in [3.8, 4) is 0 Å². The van der Waals surface area contributed by atoms with Gasteiger partial charge >= 0.3 is 0 Å². The molecule has 1 unspecified atom stereocenters. The third-order valence-corrected chi connectivity index (χ3v) is 3.12. The van der Waals surface area contributed by atoms with Crippen LogP contribution in [-0.4, -0.2) is 11.7 Å². The van der Waals surface area contributed by atoms with Gasteiger partial charge in [0.25, 0.3) is 0 Å². The fraction of sp³-hybridized carbons (Fsp3) is 0.833. The highest BCUT2D eigenvalue weighted by Crippen LogP contribution is 2.27. The van der Waals surface area contributed by atoms with E-state index in [2.05, 4.69) is 20.4 Å². The van der Waals surface area contributed by atoms with Crippen molar-refractivity contribution in [1.82, 2.24) is 0 Å². The summed E-state index contributed by atoms with van der Waals surface area (Å²) >= 11 is 0. The van der Waals surface area contributed by atoms with Gasteiger partial charge in [-0.2, -0.15) is 0 Å². The molecule has 1 saturated carbocycles. The van der Waals surface area contributed by atoms with Crippen molar-refractivity contribution >= 4 is 0 Å². The van der Waals surface area contributed by atoms with Crippen LogP contribution in [0.15, 0.2) is 12.7 Å². The summed E-state index contributed by atoms with van der Waals surface area (Å²) in [6.45, 7) is 8.13. The Morgan fingerprint density at radius 1 is 1.38 bits per heavy atom. The zero-order valence-electron chi connectivity index (χ0n) is 9.01. The fourth-order valence-corrected chi connectivity index (χ4v) is 1.84. The molecule has 0 aromatic rings. The molecule has 0 saturated heterocycles. The molecule has 0 radical (unpaired) electrons. The average molecular weight is 182 g/mol. The predicted octanol–water partition coefficient (Wildman–Crippen LogP) is 3.69. The molecule has 1 aliphatic carbocycles. The van der Waals surface area contributed by atoms with E-state index >= 15 is 0 Å². The molecule has 1 heteroatoms. The van der Waals surface area contributed by atoms with Crippen molar-refractivity contribution in [3.05, 3.63) is 12.7 Å². The maximum atomic E-state index is 6.06. The van der Waals surface area contributed by atoms with Gasteiger partial charge < -0.3 is 4.74 Å².